The molecule has 0 bridgehead atoms. The Bertz CT molecular complexity index is 1010. The van der Waals surface area contributed by atoms with Gasteiger partial charge in [0.15, 0.2) is 0 Å². The molecule has 2 amide bonds. The van der Waals surface area contributed by atoms with Crippen LogP contribution in [-0.2, 0) is 19.1 Å². The number of methoxy groups -OCH3 is 4. The van der Waals surface area contributed by atoms with Gasteiger partial charge in [-0.1, -0.05) is 30.3 Å². The smallest absolute Gasteiger partial charge is 0.262 e. The number of benzene rings is 2. The zero-order valence-electron chi connectivity index (χ0n) is 20.0. The molecule has 1 aliphatic rings. The van der Waals surface area contributed by atoms with Gasteiger partial charge in [0.2, 0.25) is 5.91 Å². The highest BCUT2D eigenvalue weighted by Crippen LogP contribution is 2.36. The zero-order valence-corrected chi connectivity index (χ0v) is 20.0. The molecule has 3 rings (SSSR count). The molecule has 9 heteroatoms. The molecule has 0 N–H and O–H groups in total. The fourth-order valence-corrected chi connectivity index (χ4v) is 3.82. The third-order valence-electron chi connectivity index (χ3n) is 5.58. The summed E-state index contributed by atoms with van der Waals surface area (Å²) in [5.74, 6) is 0.689. The fourth-order valence-electron chi connectivity index (χ4n) is 3.82. The maximum absolute atomic E-state index is 13.4. The Labute approximate surface area is 199 Å². The van der Waals surface area contributed by atoms with Gasteiger partial charge in [0.25, 0.3) is 5.91 Å². The quantitative estimate of drug-likeness (QED) is 0.502. The molecule has 34 heavy (non-hydrogen) atoms. The third kappa shape index (κ3) is 5.92. The molecule has 0 aliphatic carbocycles. The molecule has 0 spiro atoms. The number of hydrogen-bond donors (Lipinski definition) is 0. The lowest BCUT2D eigenvalue weighted by molar-refractivity contribution is -0.144. The summed E-state index contributed by atoms with van der Waals surface area (Å²) in [6, 6.07) is 14.9. The van der Waals surface area contributed by atoms with Crippen LogP contribution in [0.15, 0.2) is 53.6 Å². The molecule has 182 valence electrons. The van der Waals surface area contributed by atoms with Gasteiger partial charge in [-0.15, -0.1) is 0 Å². The van der Waals surface area contributed by atoms with Crippen molar-refractivity contribution in [3.63, 3.8) is 0 Å². The van der Waals surface area contributed by atoms with Crippen LogP contribution in [0.3, 0.4) is 0 Å². The molecule has 0 radical (unpaired) electrons. The Morgan fingerprint density at radius 2 is 1.79 bits per heavy atom. The molecule has 0 fully saturated rings. The van der Waals surface area contributed by atoms with E-state index in [1.165, 1.54) is 17.0 Å². The summed E-state index contributed by atoms with van der Waals surface area (Å²) in [5, 5.41) is 6.16. The Hall–Kier alpha value is -3.43. The van der Waals surface area contributed by atoms with Crippen molar-refractivity contribution < 1.29 is 28.5 Å². The minimum atomic E-state index is -0.308. The summed E-state index contributed by atoms with van der Waals surface area (Å²) in [4.78, 5) is 27.4. The summed E-state index contributed by atoms with van der Waals surface area (Å²) >= 11 is 0. The molecule has 9 nitrogen and oxygen atoms in total. The Kier molecular flexibility index (Phi) is 9.00. The number of carbonyl (C=O) groups excluding carboxylic acids is 2. The van der Waals surface area contributed by atoms with Crippen LogP contribution in [0, 0.1) is 0 Å². The van der Waals surface area contributed by atoms with Crippen LogP contribution in [0.2, 0.25) is 0 Å². The SMILES string of the molecule is COCCN(CC(=O)N1N=C(c2ccc(OC)cc2OC)C[C@@H]1c1ccccc1)C(=O)COC. The van der Waals surface area contributed by atoms with Gasteiger partial charge in [-0.25, -0.2) is 5.01 Å². The summed E-state index contributed by atoms with van der Waals surface area (Å²) in [6.45, 7) is 0.335. The van der Waals surface area contributed by atoms with Gasteiger partial charge in [-0.05, 0) is 17.7 Å². The van der Waals surface area contributed by atoms with Crippen LogP contribution in [0.25, 0.3) is 0 Å². The highest BCUT2D eigenvalue weighted by molar-refractivity contribution is 6.05. The lowest BCUT2D eigenvalue weighted by Gasteiger charge is -2.26. The molecular weight excluding hydrogens is 438 g/mol. The van der Waals surface area contributed by atoms with E-state index in [4.69, 9.17) is 24.0 Å². The number of ether oxygens (including phenoxy) is 4. The monoisotopic (exact) mass is 469 g/mol. The van der Waals surface area contributed by atoms with Crippen molar-refractivity contribution in [2.24, 2.45) is 5.10 Å². The Morgan fingerprint density at radius 3 is 2.44 bits per heavy atom. The maximum atomic E-state index is 13.4. The average molecular weight is 470 g/mol. The molecule has 2 aromatic carbocycles. The lowest BCUT2D eigenvalue weighted by Crippen LogP contribution is -2.44. The second-order valence-corrected chi connectivity index (χ2v) is 7.72. The van der Waals surface area contributed by atoms with Crippen LogP contribution >= 0.6 is 0 Å². The second-order valence-electron chi connectivity index (χ2n) is 7.72. The number of carbonyl (C=O) groups is 2. The van der Waals surface area contributed by atoms with E-state index in [9.17, 15) is 9.59 Å². The molecule has 0 aromatic heterocycles. The van der Waals surface area contributed by atoms with Crippen molar-refractivity contribution in [1.82, 2.24) is 9.91 Å². The van der Waals surface area contributed by atoms with Crippen molar-refractivity contribution in [3.8, 4) is 11.5 Å². The number of rotatable bonds is 11. The van der Waals surface area contributed by atoms with E-state index in [1.54, 1.807) is 27.4 Å². The van der Waals surface area contributed by atoms with Gasteiger partial charge in [0, 0.05) is 38.8 Å². The van der Waals surface area contributed by atoms with Crippen LogP contribution < -0.4 is 9.47 Å². The van der Waals surface area contributed by atoms with E-state index in [-0.39, 0.29) is 37.6 Å². The molecular formula is C25H31N3O6. The van der Waals surface area contributed by atoms with E-state index in [0.29, 0.717) is 30.2 Å². The second kappa shape index (κ2) is 12.2. The normalized spacial score (nSPS) is 15.1. The fraction of sp³-hybridized carbons (Fsp3) is 0.400. The number of hydrazone groups is 1. The molecule has 0 saturated carbocycles. The summed E-state index contributed by atoms with van der Waals surface area (Å²) in [5.41, 5.74) is 2.45. The molecule has 1 aliphatic heterocycles. The molecule has 1 heterocycles. The minimum Gasteiger partial charge on any atom is -0.497 e. The maximum Gasteiger partial charge on any atom is 0.262 e. The first kappa shape index (κ1) is 25.2. The molecule has 2 aromatic rings. The van der Waals surface area contributed by atoms with Gasteiger partial charge < -0.3 is 23.8 Å². The molecule has 0 saturated heterocycles. The van der Waals surface area contributed by atoms with E-state index in [1.807, 2.05) is 42.5 Å². The van der Waals surface area contributed by atoms with E-state index in [2.05, 4.69) is 0 Å². The van der Waals surface area contributed by atoms with Crippen molar-refractivity contribution in [2.45, 2.75) is 12.5 Å². The van der Waals surface area contributed by atoms with E-state index in [0.717, 1.165) is 11.1 Å². The van der Waals surface area contributed by atoms with Gasteiger partial charge in [0.05, 0.1) is 32.6 Å². The first-order valence-corrected chi connectivity index (χ1v) is 10.9. The van der Waals surface area contributed by atoms with Crippen molar-refractivity contribution in [3.05, 3.63) is 59.7 Å². The number of nitrogens with zero attached hydrogens (tertiary/aromatic N) is 3. The summed E-state index contributed by atoms with van der Waals surface area (Å²) in [6.07, 6.45) is 0.503. The third-order valence-corrected chi connectivity index (χ3v) is 5.58. The molecule has 0 unspecified atom stereocenters. The Balaban J connectivity index is 1.93. The van der Waals surface area contributed by atoms with Gasteiger partial charge in [-0.3, -0.25) is 9.59 Å². The van der Waals surface area contributed by atoms with Gasteiger partial charge in [-0.2, -0.15) is 5.10 Å². The predicted molar refractivity (Wildman–Crippen MR) is 127 cm³/mol. The largest absolute Gasteiger partial charge is 0.497 e. The number of hydrogen-bond acceptors (Lipinski definition) is 7. The van der Waals surface area contributed by atoms with Crippen LogP contribution in [0.4, 0.5) is 0 Å². The lowest BCUT2D eigenvalue weighted by atomic mass is 9.98. The summed E-state index contributed by atoms with van der Waals surface area (Å²) in [7, 11) is 6.17. The van der Waals surface area contributed by atoms with Crippen LogP contribution in [-0.4, -0.2) is 82.2 Å². The topological polar surface area (TPSA) is 89.9 Å². The van der Waals surface area contributed by atoms with Crippen molar-refractivity contribution in [2.75, 3.05) is 54.7 Å². The van der Waals surface area contributed by atoms with Crippen LogP contribution in [0.1, 0.15) is 23.6 Å². The Morgan fingerprint density at radius 1 is 1.03 bits per heavy atom. The summed E-state index contributed by atoms with van der Waals surface area (Å²) < 4.78 is 20.9. The van der Waals surface area contributed by atoms with Gasteiger partial charge in [0.1, 0.15) is 24.7 Å². The number of amides is 2. The highest BCUT2D eigenvalue weighted by Gasteiger charge is 2.35. The van der Waals surface area contributed by atoms with Crippen molar-refractivity contribution >= 4 is 17.5 Å². The zero-order chi connectivity index (χ0) is 24.5. The predicted octanol–water partition coefficient (Wildman–Crippen LogP) is 2.50. The van der Waals surface area contributed by atoms with E-state index >= 15 is 0 Å². The standard InChI is InChI=1S/C25H31N3O6/c1-31-13-12-27(25(30)17-32-2)16-24(29)28-22(18-8-6-5-7-9-18)15-21(26-28)20-11-10-19(33-3)14-23(20)34-4/h5-11,14,22H,12-13,15-17H2,1-4H3/t22-/m1/s1. The average Bonchev–Trinajstić information content (AvgIpc) is 3.32. The highest BCUT2D eigenvalue weighted by atomic mass is 16.5. The van der Waals surface area contributed by atoms with E-state index < -0.39 is 0 Å². The first-order chi connectivity index (χ1) is 16.5. The first-order valence-electron chi connectivity index (χ1n) is 10.9. The van der Waals surface area contributed by atoms with Crippen molar-refractivity contribution in [1.29, 1.82) is 0 Å². The van der Waals surface area contributed by atoms with Crippen LogP contribution in [0.5, 0.6) is 11.5 Å². The molecule has 1 atom stereocenters. The minimum absolute atomic E-state index is 0.114. The van der Waals surface area contributed by atoms with Gasteiger partial charge >= 0.3 is 0 Å².